The first-order chi connectivity index (χ1) is 29.3. The Morgan fingerprint density at radius 3 is 0.525 bits per heavy atom. The summed E-state index contributed by atoms with van der Waals surface area (Å²) < 4.78 is 0. The molecule has 7 heteroatoms. The number of hydrogen-bond donors (Lipinski definition) is 1. The number of aliphatic carboxylic acids is 3. The second-order valence-corrected chi connectivity index (χ2v) is 18.2. The monoisotopic (exact) mass is 939 g/mol. The van der Waals surface area contributed by atoms with E-state index in [4.69, 9.17) is 5.11 Å². The molecule has 0 saturated carbocycles. The molecule has 61 heavy (non-hydrogen) atoms. The van der Waals surface area contributed by atoms with Crippen LogP contribution in [0.25, 0.3) is 0 Å². The summed E-state index contributed by atoms with van der Waals surface area (Å²) in [6.07, 6.45) is 59.9. The molecule has 0 heterocycles. The van der Waals surface area contributed by atoms with Crippen LogP contribution in [0.15, 0.2) is 0 Å². The molecule has 0 aliphatic heterocycles. The quantitative estimate of drug-likeness (QED) is 0.0480. The number of carbonyl (C=O) groups excluding carboxylic acids is 2. The predicted molar refractivity (Wildman–Crippen MR) is 262 cm³/mol. The summed E-state index contributed by atoms with van der Waals surface area (Å²) in [4.78, 5) is 30.8. The third-order valence-corrected chi connectivity index (χ3v) is 12.0. The molecule has 0 spiro atoms. The normalized spacial score (nSPS) is 10.7. The van der Waals surface area contributed by atoms with E-state index < -0.39 is 17.9 Å². The number of unbranched alkanes of at least 4 members (excludes halogenated alkanes) is 42. The molecule has 0 aromatic carbocycles. The zero-order chi connectivity index (χ0) is 44.7. The van der Waals surface area contributed by atoms with Crippen LogP contribution in [0.4, 0.5) is 0 Å². The van der Waals surface area contributed by atoms with Gasteiger partial charge in [-0.15, -0.1) is 0 Å². The van der Waals surface area contributed by atoms with Crippen LogP contribution in [0.2, 0.25) is 0 Å². The van der Waals surface area contributed by atoms with E-state index in [0.717, 1.165) is 38.5 Å². The third-order valence-electron chi connectivity index (χ3n) is 12.0. The van der Waals surface area contributed by atoms with Gasteiger partial charge in [0.25, 0.3) is 0 Å². The van der Waals surface area contributed by atoms with E-state index in [1.807, 2.05) is 0 Å². The van der Waals surface area contributed by atoms with Gasteiger partial charge in [-0.05, 0) is 32.1 Å². The molecule has 0 aliphatic rings. The number of carboxylic acid groups (broad SMARTS) is 3. The molecule has 360 valence electrons. The summed E-state index contributed by atoms with van der Waals surface area (Å²) in [6.45, 7) is 6.80. The van der Waals surface area contributed by atoms with E-state index in [0.29, 0.717) is 6.42 Å². The molecule has 1 N–H and O–H groups in total. The van der Waals surface area contributed by atoms with Crippen LogP contribution in [0.1, 0.15) is 329 Å². The molecule has 0 aliphatic carbocycles. The van der Waals surface area contributed by atoms with Gasteiger partial charge in [-0.3, -0.25) is 4.79 Å². The average Bonchev–Trinajstić information content (AvgIpc) is 3.22. The Hall–Kier alpha value is -0.109. The second kappa shape index (κ2) is 64.2. The van der Waals surface area contributed by atoms with Gasteiger partial charge in [-0.2, -0.15) is 0 Å². The maximum Gasteiger partial charge on any atom is 2.00 e. The Labute approximate surface area is 418 Å². The molecule has 0 aromatic rings. The maximum atomic E-state index is 10.3. The Balaban J connectivity index is -0.000000396. The molecule has 0 radical (unpaired) electrons. The van der Waals surface area contributed by atoms with E-state index in [9.17, 15) is 24.6 Å². The minimum absolute atomic E-state index is 0. The molecule has 0 rings (SSSR count). The van der Waals surface area contributed by atoms with Gasteiger partial charge in [0, 0.05) is 18.4 Å². The smallest absolute Gasteiger partial charge is 0.550 e. The number of carbonyl (C=O) groups is 3. The maximum absolute atomic E-state index is 10.3. The average molecular weight is 939 g/mol. The number of rotatable bonds is 48. The fourth-order valence-electron chi connectivity index (χ4n) is 7.93. The van der Waals surface area contributed by atoms with Crippen LogP contribution in [0.3, 0.4) is 0 Å². The van der Waals surface area contributed by atoms with Gasteiger partial charge < -0.3 is 24.9 Å². The minimum atomic E-state index is -0.903. The first-order valence-electron chi connectivity index (χ1n) is 26.9. The standard InChI is InChI=1S/3C18H36O2.Sr/c3*1-2-3-4-5-6-7-8-9-10-11-12-13-14-15-16-17-18(19)20;/h3*2-17H2,1H3,(H,19,20);/q;;;+2/p-2. The second-order valence-electron chi connectivity index (χ2n) is 18.2. The van der Waals surface area contributed by atoms with Crippen molar-refractivity contribution in [2.45, 2.75) is 329 Å². The molecule has 0 saturated heterocycles. The summed E-state index contributed by atoms with van der Waals surface area (Å²) in [6, 6.07) is 0. The molecule has 0 unspecified atom stereocenters. The number of carboxylic acids is 3. The van der Waals surface area contributed by atoms with Crippen molar-refractivity contribution < 1.29 is 29.7 Å². The van der Waals surface area contributed by atoms with E-state index >= 15 is 0 Å². The van der Waals surface area contributed by atoms with Gasteiger partial charge in [0.15, 0.2) is 0 Å². The fraction of sp³-hybridized carbons (Fsp3) is 0.944. The summed E-state index contributed by atoms with van der Waals surface area (Å²) in [5.41, 5.74) is 0. The van der Waals surface area contributed by atoms with E-state index in [2.05, 4.69) is 20.8 Å². The summed E-state index contributed by atoms with van der Waals surface area (Å²) in [7, 11) is 0. The van der Waals surface area contributed by atoms with Crippen molar-refractivity contribution in [3.63, 3.8) is 0 Å². The van der Waals surface area contributed by atoms with Crippen molar-refractivity contribution in [1.29, 1.82) is 0 Å². The van der Waals surface area contributed by atoms with Crippen molar-refractivity contribution >= 4 is 63.4 Å². The third kappa shape index (κ3) is 77.5. The molecular formula is C54H106O6Sr. The van der Waals surface area contributed by atoms with Gasteiger partial charge in [0.1, 0.15) is 0 Å². The zero-order valence-corrected chi connectivity index (χ0v) is 45.1. The first kappa shape index (κ1) is 67.5. The van der Waals surface area contributed by atoms with Crippen LogP contribution in [0, 0.1) is 0 Å². The Kier molecular flexibility index (Phi) is 71.0. The van der Waals surface area contributed by atoms with Gasteiger partial charge in [-0.1, -0.05) is 290 Å². The Morgan fingerprint density at radius 1 is 0.262 bits per heavy atom. The van der Waals surface area contributed by atoms with Crippen molar-refractivity contribution in [2.75, 3.05) is 0 Å². The van der Waals surface area contributed by atoms with Crippen molar-refractivity contribution in [2.24, 2.45) is 0 Å². The zero-order valence-electron chi connectivity index (χ0n) is 41.6. The van der Waals surface area contributed by atoms with Crippen LogP contribution in [-0.2, 0) is 14.4 Å². The van der Waals surface area contributed by atoms with E-state index in [-0.39, 0.29) is 58.3 Å². The van der Waals surface area contributed by atoms with Gasteiger partial charge in [0.05, 0.1) is 0 Å². The molecule has 0 amide bonds. The molecule has 6 nitrogen and oxygen atoms in total. The minimum Gasteiger partial charge on any atom is -0.550 e. The Morgan fingerprint density at radius 2 is 0.393 bits per heavy atom. The summed E-state index contributed by atoms with van der Waals surface area (Å²) in [5, 5.41) is 29.0. The molecule has 0 bridgehead atoms. The van der Waals surface area contributed by atoms with Gasteiger partial charge in [0.2, 0.25) is 0 Å². The topological polar surface area (TPSA) is 118 Å². The van der Waals surface area contributed by atoms with Crippen molar-refractivity contribution in [1.82, 2.24) is 0 Å². The van der Waals surface area contributed by atoms with E-state index in [1.165, 1.54) is 250 Å². The predicted octanol–water partition coefficient (Wildman–Crippen LogP) is 15.9. The van der Waals surface area contributed by atoms with Gasteiger partial charge in [-0.25, -0.2) is 0 Å². The SMILES string of the molecule is CCCCCCCCCCCCCCCCCC(=O)O.CCCCCCCCCCCCCCCCCC(=O)[O-].CCCCCCCCCCCCCCCCCC(=O)[O-].[Sr+2]. The molecular weight excluding hydrogens is 832 g/mol. The summed E-state index contributed by atoms with van der Waals surface area (Å²) >= 11 is 0. The molecule has 0 fully saturated rings. The van der Waals surface area contributed by atoms with E-state index in [1.54, 1.807) is 0 Å². The van der Waals surface area contributed by atoms with Gasteiger partial charge >= 0.3 is 51.5 Å². The van der Waals surface area contributed by atoms with Crippen molar-refractivity contribution in [3.8, 4) is 0 Å². The van der Waals surface area contributed by atoms with Crippen LogP contribution in [0.5, 0.6) is 0 Å². The first-order valence-corrected chi connectivity index (χ1v) is 26.9. The summed E-state index contributed by atoms with van der Waals surface area (Å²) in [5.74, 6) is -2.46. The van der Waals surface area contributed by atoms with Crippen molar-refractivity contribution in [3.05, 3.63) is 0 Å². The largest absolute Gasteiger partial charge is 2.00 e. The molecule has 0 aromatic heterocycles. The Bertz CT molecular complexity index is 717. The van der Waals surface area contributed by atoms with Crippen LogP contribution in [-0.4, -0.2) is 68.5 Å². The van der Waals surface area contributed by atoms with Crippen LogP contribution < -0.4 is 10.2 Å². The molecule has 0 atom stereocenters. The number of hydrogen-bond acceptors (Lipinski definition) is 5. The fourth-order valence-corrected chi connectivity index (χ4v) is 7.93. The van der Waals surface area contributed by atoms with Crippen LogP contribution >= 0.6 is 0 Å².